The Morgan fingerprint density at radius 1 is 1.33 bits per heavy atom. The zero-order chi connectivity index (χ0) is 15.3. The van der Waals surface area contributed by atoms with Crippen LogP contribution in [0, 0.1) is 0 Å². The van der Waals surface area contributed by atoms with Crippen molar-refractivity contribution in [2.24, 2.45) is 0 Å². The first-order valence-corrected chi connectivity index (χ1v) is 6.56. The van der Waals surface area contributed by atoms with Crippen LogP contribution in [0.2, 0.25) is 0 Å². The van der Waals surface area contributed by atoms with Gasteiger partial charge in [-0.25, -0.2) is 4.79 Å². The minimum absolute atomic E-state index is 0.113. The highest BCUT2D eigenvalue weighted by atomic mass is 19.4. The zero-order valence-electron chi connectivity index (χ0n) is 11.3. The second kappa shape index (κ2) is 6.62. The molecule has 0 radical (unpaired) electrons. The largest absolute Gasteiger partial charge is 0.416 e. The molecule has 0 spiro atoms. The molecule has 1 heterocycles. The molecule has 0 aliphatic carbocycles. The second-order valence-corrected chi connectivity index (χ2v) is 4.70. The Bertz CT molecular complexity index is 541. The lowest BCUT2D eigenvalue weighted by Gasteiger charge is -2.15. The highest BCUT2D eigenvalue weighted by Gasteiger charge is 2.30. The summed E-state index contributed by atoms with van der Waals surface area (Å²) in [4.78, 5) is 11.7. The van der Waals surface area contributed by atoms with Crippen LogP contribution in [0.1, 0.15) is 12.0 Å². The maximum absolute atomic E-state index is 12.6. The van der Waals surface area contributed by atoms with Gasteiger partial charge in [-0.15, -0.1) is 0 Å². The highest BCUT2D eigenvalue weighted by molar-refractivity contribution is 5.89. The predicted molar refractivity (Wildman–Crippen MR) is 74.0 cm³/mol. The Balaban J connectivity index is 1.89. The lowest BCUT2D eigenvalue weighted by atomic mass is 10.1. The van der Waals surface area contributed by atoms with E-state index >= 15 is 0 Å². The topological polar surface area (TPSA) is 53.2 Å². The van der Waals surface area contributed by atoms with E-state index in [0.29, 0.717) is 6.54 Å². The van der Waals surface area contributed by atoms with Gasteiger partial charge in [-0.1, -0.05) is 17.7 Å². The van der Waals surface area contributed by atoms with Crippen molar-refractivity contribution in [2.75, 3.05) is 25.0 Å². The Morgan fingerprint density at radius 3 is 2.81 bits per heavy atom. The van der Waals surface area contributed by atoms with E-state index in [1.807, 2.05) is 6.08 Å². The summed E-state index contributed by atoms with van der Waals surface area (Å²) in [6, 6.07) is 4.02. The summed E-state index contributed by atoms with van der Waals surface area (Å²) in [5.74, 6) is 0. The van der Waals surface area contributed by atoms with Crippen LogP contribution < -0.4 is 16.0 Å². The van der Waals surface area contributed by atoms with Gasteiger partial charge in [0.05, 0.1) is 5.56 Å². The van der Waals surface area contributed by atoms with Gasteiger partial charge in [-0.3, -0.25) is 0 Å². The number of benzene rings is 1. The first-order chi connectivity index (χ1) is 9.95. The summed E-state index contributed by atoms with van der Waals surface area (Å²) >= 11 is 0. The molecule has 1 aromatic rings. The number of nitrogens with one attached hydrogen (secondary N) is 3. The van der Waals surface area contributed by atoms with Crippen LogP contribution in [-0.4, -0.2) is 25.7 Å². The van der Waals surface area contributed by atoms with Crippen molar-refractivity contribution in [3.8, 4) is 0 Å². The summed E-state index contributed by atoms with van der Waals surface area (Å²) in [6.07, 6.45) is -1.58. The van der Waals surface area contributed by atoms with Crippen molar-refractivity contribution in [1.82, 2.24) is 10.6 Å². The average molecular weight is 299 g/mol. The number of carbonyl (C=O) groups is 1. The lowest BCUT2D eigenvalue weighted by molar-refractivity contribution is -0.137. The van der Waals surface area contributed by atoms with E-state index < -0.39 is 17.8 Å². The van der Waals surface area contributed by atoms with Crippen molar-refractivity contribution in [1.29, 1.82) is 0 Å². The molecule has 21 heavy (non-hydrogen) atoms. The van der Waals surface area contributed by atoms with Crippen LogP contribution >= 0.6 is 0 Å². The molecule has 0 fully saturated rings. The molecule has 4 nitrogen and oxygen atoms in total. The van der Waals surface area contributed by atoms with Gasteiger partial charge in [0.25, 0.3) is 0 Å². The maximum Gasteiger partial charge on any atom is 0.416 e. The quantitative estimate of drug-likeness (QED) is 0.752. The minimum Gasteiger partial charge on any atom is -0.334 e. The standard InChI is InChI=1S/C14H16F3N3O/c15-14(16,17)11-2-1-3-12(8-11)20-13(21)19-9-10-4-6-18-7-5-10/h1-4,8,18H,5-7,9H2,(H2,19,20,21). The van der Waals surface area contributed by atoms with Crippen molar-refractivity contribution < 1.29 is 18.0 Å². The molecular formula is C14H16F3N3O. The predicted octanol–water partition coefficient (Wildman–Crippen LogP) is 2.75. The van der Waals surface area contributed by atoms with Gasteiger partial charge >= 0.3 is 12.2 Å². The normalized spacial score (nSPS) is 15.3. The molecule has 0 atom stereocenters. The third-order valence-electron chi connectivity index (χ3n) is 3.08. The van der Waals surface area contributed by atoms with Gasteiger partial charge in [-0.05, 0) is 31.2 Å². The summed E-state index contributed by atoms with van der Waals surface area (Å²) < 4.78 is 37.7. The van der Waals surface area contributed by atoms with Crippen molar-refractivity contribution >= 4 is 11.7 Å². The molecule has 1 aliphatic rings. The molecular weight excluding hydrogens is 283 g/mol. The molecule has 3 N–H and O–H groups in total. The van der Waals surface area contributed by atoms with Gasteiger partial charge in [0.2, 0.25) is 0 Å². The fourth-order valence-electron chi connectivity index (χ4n) is 1.97. The number of hydrogen-bond acceptors (Lipinski definition) is 2. The van der Waals surface area contributed by atoms with E-state index in [9.17, 15) is 18.0 Å². The molecule has 0 saturated heterocycles. The summed E-state index contributed by atoms with van der Waals surface area (Å²) in [5, 5.41) is 8.18. The zero-order valence-corrected chi connectivity index (χ0v) is 11.3. The molecule has 0 unspecified atom stereocenters. The summed E-state index contributed by atoms with van der Waals surface area (Å²) in [5.41, 5.74) is 0.427. The Labute approximate surface area is 120 Å². The molecule has 0 aromatic heterocycles. The smallest absolute Gasteiger partial charge is 0.334 e. The number of halogens is 3. The Morgan fingerprint density at radius 2 is 2.14 bits per heavy atom. The van der Waals surface area contributed by atoms with Gasteiger partial charge in [-0.2, -0.15) is 13.2 Å². The monoisotopic (exact) mass is 299 g/mol. The molecule has 1 aromatic carbocycles. The summed E-state index contributed by atoms with van der Waals surface area (Å²) in [7, 11) is 0. The van der Waals surface area contributed by atoms with Crippen LogP contribution in [0.25, 0.3) is 0 Å². The number of rotatable bonds is 3. The first-order valence-electron chi connectivity index (χ1n) is 6.56. The number of carbonyl (C=O) groups excluding carboxylic acids is 1. The van der Waals surface area contributed by atoms with Crippen LogP contribution in [0.15, 0.2) is 35.9 Å². The van der Waals surface area contributed by atoms with E-state index in [2.05, 4.69) is 16.0 Å². The highest BCUT2D eigenvalue weighted by Crippen LogP contribution is 2.30. The lowest BCUT2D eigenvalue weighted by Crippen LogP contribution is -2.32. The Hall–Kier alpha value is -2.02. The molecule has 114 valence electrons. The minimum atomic E-state index is -4.42. The van der Waals surface area contributed by atoms with E-state index in [1.165, 1.54) is 12.1 Å². The maximum atomic E-state index is 12.6. The Kier molecular flexibility index (Phi) is 4.85. The van der Waals surface area contributed by atoms with Gasteiger partial charge in [0.1, 0.15) is 0 Å². The number of alkyl halides is 3. The van der Waals surface area contributed by atoms with E-state index in [0.717, 1.165) is 37.2 Å². The molecule has 0 saturated carbocycles. The third kappa shape index (κ3) is 4.78. The molecule has 2 amide bonds. The number of amides is 2. The van der Waals surface area contributed by atoms with E-state index in [-0.39, 0.29) is 5.69 Å². The van der Waals surface area contributed by atoms with Gasteiger partial charge in [0, 0.05) is 18.8 Å². The molecule has 2 rings (SSSR count). The average Bonchev–Trinajstić information content (AvgIpc) is 2.46. The number of hydrogen-bond donors (Lipinski definition) is 3. The van der Waals surface area contributed by atoms with Crippen LogP contribution in [0.5, 0.6) is 0 Å². The van der Waals surface area contributed by atoms with Crippen LogP contribution in [0.3, 0.4) is 0 Å². The second-order valence-electron chi connectivity index (χ2n) is 4.70. The molecule has 0 bridgehead atoms. The first kappa shape index (κ1) is 15.4. The van der Waals surface area contributed by atoms with E-state index in [1.54, 1.807) is 0 Å². The fourth-order valence-corrected chi connectivity index (χ4v) is 1.97. The molecule has 1 aliphatic heterocycles. The van der Waals surface area contributed by atoms with Crippen molar-refractivity contribution in [3.63, 3.8) is 0 Å². The molecule has 7 heteroatoms. The van der Waals surface area contributed by atoms with Crippen LogP contribution in [0.4, 0.5) is 23.7 Å². The fraction of sp³-hybridized carbons (Fsp3) is 0.357. The third-order valence-corrected chi connectivity index (χ3v) is 3.08. The van der Waals surface area contributed by atoms with Gasteiger partial charge in [0.15, 0.2) is 0 Å². The number of urea groups is 1. The summed E-state index contributed by atoms with van der Waals surface area (Å²) in [6.45, 7) is 2.03. The SMILES string of the molecule is O=C(NCC1=CCNCC1)Nc1cccc(C(F)(F)F)c1. The van der Waals surface area contributed by atoms with Crippen LogP contribution in [-0.2, 0) is 6.18 Å². The van der Waals surface area contributed by atoms with Crippen molar-refractivity contribution in [3.05, 3.63) is 41.5 Å². The van der Waals surface area contributed by atoms with Gasteiger partial charge < -0.3 is 16.0 Å². The van der Waals surface area contributed by atoms with Crippen molar-refractivity contribution in [2.45, 2.75) is 12.6 Å². The van der Waals surface area contributed by atoms with E-state index in [4.69, 9.17) is 0 Å². The number of anilines is 1.